The number of hydrogen-bond donors (Lipinski definition) is 4. The lowest BCUT2D eigenvalue weighted by Gasteiger charge is -2.24. The third kappa shape index (κ3) is 1.60. The highest BCUT2D eigenvalue weighted by Crippen LogP contribution is 2.34. The average Bonchev–Trinajstić information content (AvgIpc) is 3.20. The van der Waals surface area contributed by atoms with Crippen LogP contribution in [-0.4, -0.2) is 33.5 Å². The molecule has 0 unspecified atom stereocenters. The van der Waals surface area contributed by atoms with Crippen LogP contribution in [0.25, 0.3) is 16.5 Å². The van der Waals surface area contributed by atoms with Crippen molar-refractivity contribution in [1.82, 2.24) is 4.98 Å². The maximum atomic E-state index is 10.6. The molecule has 0 radical (unpaired) electrons. The van der Waals surface area contributed by atoms with Crippen molar-refractivity contribution >= 4 is 22.2 Å². The third-order valence-corrected chi connectivity index (χ3v) is 4.90. The van der Waals surface area contributed by atoms with Crippen molar-refractivity contribution in [3.8, 4) is 11.5 Å². The number of aromatic amines is 1. The Bertz CT molecular complexity index is 1110. The van der Waals surface area contributed by atoms with Gasteiger partial charge in [0, 0.05) is 23.3 Å². The molecule has 24 heavy (non-hydrogen) atoms. The smallest absolute Gasteiger partial charge is 0.165 e. The Hall–Kier alpha value is -2.99. The molecule has 1 aromatic heterocycles. The Labute approximate surface area is 136 Å². The second-order valence-electron chi connectivity index (χ2n) is 6.20. The van der Waals surface area contributed by atoms with E-state index in [9.17, 15) is 15.4 Å². The molecule has 5 rings (SSSR count). The number of rotatable bonds is 1. The normalized spacial score (nSPS) is 15.7. The van der Waals surface area contributed by atoms with Crippen LogP contribution < -0.4 is 15.6 Å². The van der Waals surface area contributed by atoms with E-state index in [0.29, 0.717) is 36.1 Å². The molecule has 0 spiro atoms. The third-order valence-electron chi connectivity index (χ3n) is 4.90. The highest BCUT2D eigenvalue weighted by Gasteiger charge is 2.27. The summed E-state index contributed by atoms with van der Waals surface area (Å²) in [5.41, 5.74) is 4.25. The topological polar surface area (TPSA) is 92.1 Å². The second-order valence-corrected chi connectivity index (χ2v) is 6.20. The number of phenolic OH excluding ortho intramolecular Hbond substituents is 2. The van der Waals surface area contributed by atoms with Crippen molar-refractivity contribution in [3.63, 3.8) is 0 Å². The van der Waals surface area contributed by atoms with Gasteiger partial charge in [0.1, 0.15) is 11.1 Å². The first kappa shape index (κ1) is 13.4. The van der Waals surface area contributed by atoms with E-state index < -0.39 is 0 Å². The lowest BCUT2D eigenvalue weighted by atomic mass is 9.97. The molecule has 0 aliphatic carbocycles. The van der Waals surface area contributed by atoms with E-state index in [2.05, 4.69) is 9.98 Å². The van der Waals surface area contributed by atoms with Gasteiger partial charge in [-0.15, -0.1) is 0 Å². The van der Waals surface area contributed by atoms with Gasteiger partial charge in [-0.2, -0.15) is 0 Å². The lowest BCUT2D eigenvalue weighted by molar-refractivity contribution is 0.253. The molecule has 2 aromatic carbocycles. The first-order valence-electron chi connectivity index (χ1n) is 7.83. The van der Waals surface area contributed by atoms with Crippen molar-refractivity contribution in [1.29, 1.82) is 0 Å². The van der Waals surface area contributed by atoms with Crippen LogP contribution in [0.3, 0.4) is 0 Å². The summed E-state index contributed by atoms with van der Waals surface area (Å²) in [5.74, 6) is 0.324. The van der Waals surface area contributed by atoms with Crippen LogP contribution in [0, 0.1) is 0 Å². The molecule has 0 saturated heterocycles. The van der Waals surface area contributed by atoms with Crippen LogP contribution in [0.15, 0.2) is 35.5 Å². The minimum absolute atomic E-state index is 0.124. The predicted molar refractivity (Wildman–Crippen MR) is 89.1 cm³/mol. The quantitative estimate of drug-likeness (QED) is 0.541. The monoisotopic (exact) mass is 321 g/mol. The number of fused-ring (bicyclic) bond motifs is 2. The SMILES string of the molecule is Oc1ccc(C2=c3c4c5c(c[nH]c5c(O)c3=NC2)CCN4O)cc1. The van der Waals surface area contributed by atoms with Crippen LogP contribution in [0.2, 0.25) is 0 Å². The summed E-state index contributed by atoms with van der Waals surface area (Å²) in [6.45, 7) is 0.927. The molecule has 0 bridgehead atoms. The number of aromatic hydroxyl groups is 2. The molecule has 6 nitrogen and oxygen atoms in total. The first-order chi connectivity index (χ1) is 11.6. The van der Waals surface area contributed by atoms with Crippen LogP contribution in [0.1, 0.15) is 11.1 Å². The number of nitrogens with one attached hydrogen (secondary N) is 1. The largest absolute Gasteiger partial charge is 0.508 e. The zero-order chi connectivity index (χ0) is 16.4. The van der Waals surface area contributed by atoms with E-state index in [1.54, 1.807) is 12.1 Å². The number of H-pyrrole nitrogens is 1. The molecule has 0 amide bonds. The van der Waals surface area contributed by atoms with E-state index in [1.165, 1.54) is 5.06 Å². The fraction of sp³-hybridized carbons (Fsp3) is 0.167. The number of phenols is 2. The van der Waals surface area contributed by atoms with Gasteiger partial charge in [-0.3, -0.25) is 15.3 Å². The van der Waals surface area contributed by atoms with Gasteiger partial charge in [0.15, 0.2) is 5.75 Å². The maximum Gasteiger partial charge on any atom is 0.165 e. The summed E-state index contributed by atoms with van der Waals surface area (Å²) in [5, 5.41) is 34.0. The van der Waals surface area contributed by atoms with Gasteiger partial charge < -0.3 is 15.2 Å². The van der Waals surface area contributed by atoms with Crippen molar-refractivity contribution in [3.05, 3.63) is 52.2 Å². The number of hydroxylamine groups is 1. The molecule has 2 aliphatic rings. The molecule has 120 valence electrons. The van der Waals surface area contributed by atoms with Gasteiger partial charge in [0.2, 0.25) is 0 Å². The minimum atomic E-state index is 0.124. The van der Waals surface area contributed by atoms with Crippen molar-refractivity contribution in [2.24, 2.45) is 4.99 Å². The molecular weight excluding hydrogens is 306 g/mol. The van der Waals surface area contributed by atoms with Gasteiger partial charge in [-0.25, -0.2) is 0 Å². The molecule has 0 saturated carbocycles. The summed E-state index contributed by atoms with van der Waals surface area (Å²) in [7, 11) is 0. The van der Waals surface area contributed by atoms with Gasteiger partial charge >= 0.3 is 0 Å². The first-order valence-corrected chi connectivity index (χ1v) is 7.83. The Morgan fingerprint density at radius 2 is 1.92 bits per heavy atom. The van der Waals surface area contributed by atoms with Crippen molar-refractivity contribution < 1.29 is 15.4 Å². The molecule has 3 aromatic rings. The fourth-order valence-electron chi connectivity index (χ4n) is 3.76. The summed E-state index contributed by atoms with van der Waals surface area (Å²) in [6, 6.07) is 6.91. The number of benzene rings is 2. The summed E-state index contributed by atoms with van der Waals surface area (Å²) in [6.07, 6.45) is 2.60. The highest BCUT2D eigenvalue weighted by molar-refractivity contribution is 6.01. The van der Waals surface area contributed by atoms with Gasteiger partial charge in [-0.1, -0.05) is 12.1 Å². The van der Waals surface area contributed by atoms with E-state index in [4.69, 9.17) is 0 Å². The Balaban J connectivity index is 1.98. The Morgan fingerprint density at radius 1 is 1.12 bits per heavy atom. The van der Waals surface area contributed by atoms with Gasteiger partial charge in [0.05, 0.1) is 17.7 Å². The minimum Gasteiger partial charge on any atom is -0.508 e. The van der Waals surface area contributed by atoms with Crippen LogP contribution in [0.4, 0.5) is 5.69 Å². The average molecular weight is 321 g/mol. The van der Waals surface area contributed by atoms with Gasteiger partial charge in [0.25, 0.3) is 0 Å². The van der Waals surface area contributed by atoms with Crippen molar-refractivity contribution in [2.75, 3.05) is 18.2 Å². The molecular formula is C18H15N3O3. The van der Waals surface area contributed by atoms with Crippen molar-refractivity contribution in [2.45, 2.75) is 6.42 Å². The lowest BCUT2D eigenvalue weighted by Crippen LogP contribution is -2.36. The van der Waals surface area contributed by atoms with Gasteiger partial charge in [-0.05, 0) is 35.3 Å². The molecule has 6 heteroatoms. The second kappa shape index (κ2) is 4.52. The van der Waals surface area contributed by atoms with E-state index in [1.807, 2.05) is 18.3 Å². The number of aromatic nitrogens is 1. The van der Waals surface area contributed by atoms with Crippen LogP contribution in [0.5, 0.6) is 11.5 Å². The number of nitrogens with zero attached hydrogens (tertiary/aromatic N) is 2. The predicted octanol–water partition coefficient (Wildman–Crippen LogP) is 1.16. The fourth-order valence-corrected chi connectivity index (χ4v) is 3.76. The van der Waals surface area contributed by atoms with Crippen LogP contribution >= 0.6 is 0 Å². The zero-order valence-corrected chi connectivity index (χ0v) is 12.7. The number of anilines is 1. The Kier molecular flexibility index (Phi) is 2.53. The molecule has 0 atom stereocenters. The molecule has 0 fully saturated rings. The standard InChI is InChI=1S/C18H15N3O3/c22-11-3-1-9(2-4-11)12-8-20-16-14(12)17-13-10(5-6-21(17)24)7-19-15(13)18(16)23/h1-4,7,19,22-24H,5-6,8H2. The highest BCUT2D eigenvalue weighted by atomic mass is 16.5. The molecule has 3 heterocycles. The number of hydrogen-bond acceptors (Lipinski definition) is 5. The Morgan fingerprint density at radius 3 is 2.71 bits per heavy atom. The molecule has 2 aliphatic heterocycles. The van der Waals surface area contributed by atoms with E-state index >= 15 is 0 Å². The maximum absolute atomic E-state index is 10.6. The van der Waals surface area contributed by atoms with E-state index in [0.717, 1.165) is 27.3 Å². The van der Waals surface area contributed by atoms with E-state index in [-0.39, 0.29) is 11.5 Å². The van der Waals surface area contributed by atoms with Crippen LogP contribution in [-0.2, 0) is 6.42 Å². The summed E-state index contributed by atoms with van der Waals surface area (Å²) in [4.78, 5) is 7.61. The zero-order valence-electron chi connectivity index (χ0n) is 12.7. The molecule has 4 N–H and O–H groups in total. The summed E-state index contributed by atoms with van der Waals surface area (Å²) >= 11 is 0. The summed E-state index contributed by atoms with van der Waals surface area (Å²) < 4.78 is 0.